The van der Waals surface area contributed by atoms with E-state index >= 15 is 0 Å². The predicted molar refractivity (Wildman–Crippen MR) is 52.7 cm³/mol. The van der Waals surface area contributed by atoms with Crippen molar-refractivity contribution in [3.63, 3.8) is 0 Å². The highest BCUT2D eigenvalue weighted by Crippen LogP contribution is 2.39. The van der Waals surface area contributed by atoms with Crippen molar-refractivity contribution in [2.75, 3.05) is 19.0 Å². The maximum absolute atomic E-state index is 12.8. The fraction of sp³-hybridized carbons (Fsp3) is 1.00. The molecule has 1 aliphatic heterocycles. The molecule has 0 bridgehead atoms. The summed E-state index contributed by atoms with van der Waals surface area (Å²) in [6, 6.07) is 0. The zero-order chi connectivity index (χ0) is 13.3. The lowest BCUT2D eigenvalue weighted by molar-refractivity contribution is -0.328. The highest BCUT2D eigenvalue weighted by atomic mass is 32.2. The third-order valence-electron chi connectivity index (χ3n) is 2.54. The van der Waals surface area contributed by atoms with Crippen molar-refractivity contribution in [2.45, 2.75) is 31.2 Å². The van der Waals surface area contributed by atoms with E-state index < -0.39 is 40.3 Å². The van der Waals surface area contributed by atoms with Gasteiger partial charge in [0, 0.05) is 0 Å². The van der Waals surface area contributed by atoms with Gasteiger partial charge in [0.15, 0.2) is 5.60 Å². The lowest BCUT2D eigenvalue weighted by Gasteiger charge is -2.41. The largest absolute Gasteiger partial charge is 0.419 e. The van der Waals surface area contributed by atoms with E-state index in [-0.39, 0.29) is 13.0 Å². The summed E-state index contributed by atoms with van der Waals surface area (Å²) in [7, 11) is -3.90. The Kier molecular flexibility index (Phi) is 4.07. The van der Waals surface area contributed by atoms with Crippen LogP contribution in [0.4, 0.5) is 13.2 Å². The fourth-order valence-corrected chi connectivity index (χ4v) is 2.30. The van der Waals surface area contributed by atoms with Gasteiger partial charge >= 0.3 is 6.18 Å². The first-order chi connectivity index (χ1) is 7.60. The molecular formula is C8H14F3NO4S. The Balaban J connectivity index is 2.84. The van der Waals surface area contributed by atoms with E-state index in [0.717, 1.165) is 0 Å². The Labute approximate surface area is 97.1 Å². The van der Waals surface area contributed by atoms with Crippen LogP contribution in [0.25, 0.3) is 0 Å². The van der Waals surface area contributed by atoms with Gasteiger partial charge in [0.25, 0.3) is 0 Å². The lowest BCUT2D eigenvalue weighted by Crippen LogP contribution is -2.58. The predicted octanol–water partition coefficient (Wildman–Crippen LogP) is 0.401. The van der Waals surface area contributed by atoms with Gasteiger partial charge in [0.05, 0.1) is 25.1 Å². The minimum atomic E-state index is -4.61. The maximum Gasteiger partial charge on any atom is 0.419 e. The van der Waals surface area contributed by atoms with Crippen LogP contribution in [-0.2, 0) is 19.5 Å². The van der Waals surface area contributed by atoms with E-state index in [2.05, 4.69) is 0 Å². The molecule has 17 heavy (non-hydrogen) atoms. The summed E-state index contributed by atoms with van der Waals surface area (Å²) in [6.45, 7) is 0.457. The number of hydrogen-bond donors (Lipinski definition) is 1. The third kappa shape index (κ3) is 3.54. The Hall–Kier alpha value is -0.380. The van der Waals surface area contributed by atoms with Crippen LogP contribution in [0.3, 0.4) is 0 Å². The van der Waals surface area contributed by atoms with Crippen LogP contribution < -0.4 is 5.14 Å². The Bertz CT molecular complexity index is 369. The van der Waals surface area contributed by atoms with Gasteiger partial charge in [0.2, 0.25) is 10.0 Å². The highest BCUT2D eigenvalue weighted by Gasteiger charge is 2.57. The Morgan fingerprint density at radius 2 is 2.06 bits per heavy atom. The molecule has 0 amide bonds. The number of rotatable bonds is 3. The second-order valence-corrected chi connectivity index (χ2v) is 5.59. The summed E-state index contributed by atoms with van der Waals surface area (Å²) >= 11 is 0. The molecule has 1 rings (SSSR count). The maximum atomic E-state index is 12.8. The zero-order valence-electron chi connectivity index (χ0n) is 9.16. The molecular weight excluding hydrogens is 263 g/mol. The van der Waals surface area contributed by atoms with Crippen LogP contribution in [-0.4, -0.2) is 45.3 Å². The lowest BCUT2D eigenvalue weighted by atomic mass is 9.99. The van der Waals surface area contributed by atoms with Crippen LogP contribution in [0.2, 0.25) is 0 Å². The molecule has 0 spiro atoms. The molecule has 1 aliphatic rings. The Morgan fingerprint density at radius 1 is 1.47 bits per heavy atom. The topological polar surface area (TPSA) is 78.6 Å². The van der Waals surface area contributed by atoms with Gasteiger partial charge in [-0.3, -0.25) is 0 Å². The first kappa shape index (κ1) is 14.7. The molecule has 1 heterocycles. The first-order valence-electron chi connectivity index (χ1n) is 4.92. The standard InChI is InChI=1S/C8H14F3NO4S/c1-2-7(8(9,10)11)5-15-3-6(16-7)4-17(12,13)14/h6H,2-5H2,1H3,(H2,12,13,14). The monoisotopic (exact) mass is 277 g/mol. The average Bonchev–Trinajstić information content (AvgIpc) is 2.13. The normalized spacial score (nSPS) is 31.5. The van der Waals surface area contributed by atoms with Crippen LogP contribution in [0, 0.1) is 0 Å². The van der Waals surface area contributed by atoms with E-state index in [4.69, 9.17) is 14.6 Å². The second-order valence-electron chi connectivity index (χ2n) is 3.93. The van der Waals surface area contributed by atoms with Crippen LogP contribution >= 0.6 is 0 Å². The van der Waals surface area contributed by atoms with E-state index in [1.54, 1.807) is 0 Å². The summed E-state index contributed by atoms with van der Waals surface area (Å²) in [4.78, 5) is 0. The van der Waals surface area contributed by atoms with Gasteiger partial charge in [-0.1, -0.05) is 6.92 Å². The summed E-state index contributed by atoms with van der Waals surface area (Å²) in [5, 5.41) is 4.76. The molecule has 0 radical (unpaired) electrons. The number of primary sulfonamides is 1. The molecule has 2 atom stereocenters. The molecule has 1 saturated heterocycles. The van der Waals surface area contributed by atoms with Crippen molar-refractivity contribution in [1.82, 2.24) is 0 Å². The summed E-state index contributed by atoms with van der Waals surface area (Å²) in [5.41, 5.74) is -2.44. The molecule has 1 fully saturated rings. The highest BCUT2D eigenvalue weighted by molar-refractivity contribution is 7.89. The smallest absolute Gasteiger partial charge is 0.375 e. The van der Waals surface area contributed by atoms with Crippen molar-refractivity contribution >= 4 is 10.0 Å². The quantitative estimate of drug-likeness (QED) is 0.810. The fourth-order valence-electron chi connectivity index (χ4n) is 1.62. The van der Waals surface area contributed by atoms with Crippen molar-refractivity contribution in [1.29, 1.82) is 0 Å². The van der Waals surface area contributed by atoms with Crippen LogP contribution in [0.15, 0.2) is 0 Å². The van der Waals surface area contributed by atoms with Gasteiger partial charge in [-0.05, 0) is 6.42 Å². The number of nitrogens with two attached hydrogens (primary N) is 1. The minimum Gasteiger partial charge on any atom is -0.375 e. The van der Waals surface area contributed by atoms with Gasteiger partial charge in [0.1, 0.15) is 0 Å². The van der Waals surface area contributed by atoms with Crippen molar-refractivity contribution < 1.29 is 31.1 Å². The molecule has 0 aromatic heterocycles. The molecule has 2 unspecified atom stereocenters. The minimum absolute atomic E-state index is 0.214. The van der Waals surface area contributed by atoms with Crippen LogP contribution in [0.5, 0.6) is 0 Å². The molecule has 0 aliphatic carbocycles. The second kappa shape index (κ2) is 4.71. The van der Waals surface area contributed by atoms with Crippen molar-refractivity contribution in [3.05, 3.63) is 0 Å². The number of halogens is 3. The zero-order valence-corrected chi connectivity index (χ0v) is 9.97. The molecule has 9 heteroatoms. The number of ether oxygens (including phenoxy) is 2. The van der Waals surface area contributed by atoms with E-state index in [9.17, 15) is 21.6 Å². The summed E-state index contributed by atoms with van der Waals surface area (Å²) in [6.07, 6.45) is -6.16. The molecule has 0 aromatic carbocycles. The van der Waals surface area contributed by atoms with Gasteiger partial charge in [-0.25, -0.2) is 13.6 Å². The summed E-state index contributed by atoms with van der Waals surface area (Å²) < 4.78 is 69.7. The van der Waals surface area contributed by atoms with E-state index in [1.165, 1.54) is 6.92 Å². The molecule has 0 aromatic rings. The molecule has 5 nitrogen and oxygen atoms in total. The number of sulfonamides is 1. The SMILES string of the molecule is CCC1(C(F)(F)F)COCC(CS(N)(=O)=O)O1. The average molecular weight is 277 g/mol. The molecule has 2 N–H and O–H groups in total. The van der Waals surface area contributed by atoms with Gasteiger partial charge in [-0.15, -0.1) is 0 Å². The molecule has 102 valence electrons. The summed E-state index contributed by atoms with van der Waals surface area (Å²) in [5.74, 6) is -0.690. The number of hydrogen-bond acceptors (Lipinski definition) is 4. The first-order valence-corrected chi connectivity index (χ1v) is 6.64. The third-order valence-corrected chi connectivity index (χ3v) is 3.37. The van der Waals surface area contributed by atoms with Crippen LogP contribution in [0.1, 0.15) is 13.3 Å². The number of alkyl halides is 3. The van der Waals surface area contributed by atoms with Gasteiger partial charge < -0.3 is 9.47 Å². The van der Waals surface area contributed by atoms with E-state index in [0.29, 0.717) is 0 Å². The van der Waals surface area contributed by atoms with Crippen molar-refractivity contribution in [3.8, 4) is 0 Å². The van der Waals surface area contributed by atoms with E-state index in [1.807, 2.05) is 0 Å². The van der Waals surface area contributed by atoms with Crippen molar-refractivity contribution in [2.24, 2.45) is 5.14 Å². The Morgan fingerprint density at radius 3 is 2.47 bits per heavy atom. The molecule has 0 saturated carbocycles. The van der Waals surface area contributed by atoms with Gasteiger partial charge in [-0.2, -0.15) is 13.2 Å².